The summed E-state index contributed by atoms with van der Waals surface area (Å²) in [5, 5.41) is 12.5. The second kappa shape index (κ2) is 7.06. The van der Waals surface area contributed by atoms with Crippen molar-refractivity contribution in [3.05, 3.63) is 57.8 Å². The number of aliphatic hydroxyl groups excluding tert-OH is 1. The molecule has 1 amide bonds. The molecule has 2 heterocycles. The minimum Gasteiger partial charge on any atom is -0.481 e. The number of methoxy groups -OCH3 is 1. The number of rotatable bonds is 5. The number of hydrogen-bond acceptors (Lipinski definition) is 6. The Balaban J connectivity index is 1.84. The maximum atomic E-state index is 12.5. The van der Waals surface area contributed by atoms with Crippen molar-refractivity contribution in [2.75, 3.05) is 7.11 Å². The van der Waals surface area contributed by atoms with Crippen molar-refractivity contribution in [3.8, 4) is 5.88 Å². The number of aromatic nitrogens is 1. The molecule has 25 heavy (non-hydrogen) atoms. The van der Waals surface area contributed by atoms with Gasteiger partial charge in [-0.05, 0) is 31.2 Å². The summed E-state index contributed by atoms with van der Waals surface area (Å²) in [6, 6.07) is 5.70. The molecule has 0 spiro atoms. The summed E-state index contributed by atoms with van der Waals surface area (Å²) in [6.45, 7) is 1.62. The van der Waals surface area contributed by atoms with Crippen LogP contribution in [0.1, 0.15) is 40.8 Å². The van der Waals surface area contributed by atoms with E-state index in [4.69, 9.17) is 9.15 Å². The Morgan fingerprint density at radius 1 is 1.40 bits per heavy atom. The third-order valence-electron chi connectivity index (χ3n) is 4.35. The van der Waals surface area contributed by atoms with E-state index in [1.165, 1.54) is 19.2 Å². The molecule has 3 rings (SSSR count). The molecule has 0 saturated heterocycles. The molecular weight excluding hydrogens is 324 g/mol. The summed E-state index contributed by atoms with van der Waals surface area (Å²) in [5.74, 6) is 0.441. The fourth-order valence-electron chi connectivity index (χ4n) is 3.00. The molecule has 7 heteroatoms. The highest BCUT2D eigenvalue weighted by Gasteiger charge is 2.36. The van der Waals surface area contributed by atoms with Crippen molar-refractivity contribution in [1.29, 1.82) is 0 Å². The van der Waals surface area contributed by atoms with Gasteiger partial charge >= 0.3 is 0 Å². The van der Waals surface area contributed by atoms with Crippen LogP contribution in [0.4, 0.5) is 0 Å². The Morgan fingerprint density at radius 3 is 2.72 bits per heavy atom. The highest BCUT2D eigenvalue weighted by atomic mass is 16.5. The van der Waals surface area contributed by atoms with Gasteiger partial charge in [-0.2, -0.15) is 0 Å². The van der Waals surface area contributed by atoms with E-state index >= 15 is 0 Å². The van der Waals surface area contributed by atoms with Crippen LogP contribution < -0.4 is 15.5 Å². The standard InChI is InChI=1S/C18H20N2O5/c1-10-5-13(21)8-15(25-10)18(23)20-17(12-6-14(22)7-12)11-3-4-16(24-2)19-9-11/h3-5,8-9,12,14,17,22H,6-7H2,1-2H3,(H,20,23)/t12?,14?,17-/m1/s1. The Labute approximate surface area is 144 Å². The SMILES string of the molecule is COc1ccc([C@@H](NC(=O)c2cc(=O)cc(C)o2)C2CC(O)C2)cn1. The normalized spacial score (nSPS) is 20.4. The summed E-state index contributed by atoms with van der Waals surface area (Å²) < 4.78 is 10.4. The molecule has 0 aliphatic heterocycles. The second-order valence-corrected chi connectivity index (χ2v) is 6.24. The zero-order valence-corrected chi connectivity index (χ0v) is 14.1. The van der Waals surface area contributed by atoms with Crippen LogP contribution in [-0.2, 0) is 0 Å². The highest BCUT2D eigenvalue weighted by molar-refractivity contribution is 5.91. The minimum absolute atomic E-state index is 0.0312. The van der Waals surface area contributed by atoms with Gasteiger partial charge in [0.15, 0.2) is 11.2 Å². The number of ether oxygens (including phenoxy) is 1. The van der Waals surface area contributed by atoms with E-state index in [9.17, 15) is 14.7 Å². The van der Waals surface area contributed by atoms with Crippen LogP contribution in [0.2, 0.25) is 0 Å². The first-order valence-electron chi connectivity index (χ1n) is 8.07. The third-order valence-corrected chi connectivity index (χ3v) is 4.35. The van der Waals surface area contributed by atoms with E-state index in [1.807, 2.05) is 6.07 Å². The van der Waals surface area contributed by atoms with E-state index < -0.39 is 5.91 Å². The van der Waals surface area contributed by atoms with Gasteiger partial charge in [0.25, 0.3) is 5.91 Å². The molecule has 0 aromatic carbocycles. The summed E-state index contributed by atoms with van der Waals surface area (Å²) in [6.07, 6.45) is 2.47. The van der Waals surface area contributed by atoms with Crippen molar-refractivity contribution in [2.24, 2.45) is 5.92 Å². The molecule has 132 valence electrons. The number of amides is 1. The topological polar surface area (TPSA) is 102 Å². The first kappa shape index (κ1) is 17.2. The van der Waals surface area contributed by atoms with E-state index in [1.54, 1.807) is 19.2 Å². The zero-order chi connectivity index (χ0) is 18.0. The summed E-state index contributed by atoms with van der Waals surface area (Å²) >= 11 is 0. The lowest BCUT2D eigenvalue weighted by atomic mass is 9.75. The van der Waals surface area contributed by atoms with Crippen molar-refractivity contribution < 1.29 is 19.1 Å². The molecule has 1 saturated carbocycles. The smallest absolute Gasteiger partial charge is 0.287 e. The number of hydrogen-bond donors (Lipinski definition) is 2. The number of carbonyl (C=O) groups is 1. The molecule has 0 unspecified atom stereocenters. The van der Waals surface area contributed by atoms with Crippen molar-refractivity contribution in [1.82, 2.24) is 10.3 Å². The van der Waals surface area contributed by atoms with E-state index in [0.29, 0.717) is 24.5 Å². The van der Waals surface area contributed by atoms with Gasteiger partial charge in [0.2, 0.25) is 5.88 Å². The summed E-state index contributed by atoms with van der Waals surface area (Å²) in [7, 11) is 1.53. The maximum Gasteiger partial charge on any atom is 0.287 e. The Hall–Kier alpha value is -2.67. The van der Waals surface area contributed by atoms with Crippen molar-refractivity contribution in [3.63, 3.8) is 0 Å². The van der Waals surface area contributed by atoms with Crippen LogP contribution in [0, 0.1) is 12.8 Å². The molecule has 0 radical (unpaired) electrons. The molecule has 2 aromatic heterocycles. The van der Waals surface area contributed by atoms with Gasteiger partial charge in [0.05, 0.1) is 19.3 Å². The van der Waals surface area contributed by atoms with Crippen LogP contribution in [0.15, 0.2) is 39.7 Å². The fourth-order valence-corrected chi connectivity index (χ4v) is 3.00. The Bertz CT molecular complexity index is 809. The predicted octanol–water partition coefficient (Wildman–Crippen LogP) is 1.59. The molecular formula is C18H20N2O5. The van der Waals surface area contributed by atoms with Gasteiger partial charge in [-0.1, -0.05) is 6.07 Å². The van der Waals surface area contributed by atoms with Gasteiger partial charge in [-0.15, -0.1) is 0 Å². The number of nitrogens with zero attached hydrogens (tertiary/aromatic N) is 1. The molecule has 0 bridgehead atoms. The molecule has 2 N–H and O–H groups in total. The Morgan fingerprint density at radius 2 is 2.16 bits per heavy atom. The third kappa shape index (κ3) is 3.88. The highest BCUT2D eigenvalue weighted by Crippen LogP contribution is 2.38. The molecule has 1 atom stereocenters. The molecule has 7 nitrogen and oxygen atoms in total. The quantitative estimate of drug-likeness (QED) is 0.854. The maximum absolute atomic E-state index is 12.5. The second-order valence-electron chi connectivity index (χ2n) is 6.24. The van der Waals surface area contributed by atoms with Crippen LogP contribution in [-0.4, -0.2) is 29.2 Å². The molecule has 1 aliphatic carbocycles. The van der Waals surface area contributed by atoms with Gasteiger partial charge < -0.3 is 19.6 Å². The van der Waals surface area contributed by atoms with E-state index in [0.717, 1.165) is 5.56 Å². The number of carbonyl (C=O) groups excluding carboxylic acids is 1. The zero-order valence-electron chi connectivity index (χ0n) is 14.1. The van der Waals surface area contributed by atoms with Crippen LogP contribution in [0.5, 0.6) is 5.88 Å². The summed E-state index contributed by atoms with van der Waals surface area (Å²) in [5.41, 5.74) is 0.525. The van der Waals surface area contributed by atoms with Crippen molar-refractivity contribution in [2.45, 2.75) is 31.9 Å². The first-order valence-corrected chi connectivity index (χ1v) is 8.07. The van der Waals surface area contributed by atoms with Crippen LogP contribution in [0.25, 0.3) is 0 Å². The van der Waals surface area contributed by atoms with Gasteiger partial charge in [-0.3, -0.25) is 9.59 Å². The molecule has 1 fully saturated rings. The fraction of sp³-hybridized carbons (Fsp3) is 0.389. The van der Waals surface area contributed by atoms with E-state index in [2.05, 4.69) is 10.3 Å². The minimum atomic E-state index is -0.469. The molecule has 2 aromatic rings. The van der Waals surface area contributed by atoms with Crippen LogP contribution in [0.3, 0.4) is 0 Å². The summed E-state index contributed by atoms with van der Waals surface area (Å²) in [4.78, 5) is 28.3. The van der Waals surface area contributed by atoms with E-state index in [-0.39, 0.29) is 29.3 Å². The first-order chi connectivity index (χ1) is 12.0. The lowest BCUT2D eigenvalue weighted by Gasteiger charge is -2.38. The lowest BCUT2D eigenvalue weighted by molar-refractivity contribution is 0.0231. The predicted molar refractivity (Wildman–Crippen MR) is 89.4 cm³/mol. The number of aryl methyl sites for hydroxylation is 1. The molecule has 1 aliphatic rings. The number of aliphatic hydroxyl groups is 1. The lowest BCUT2D eigenvalue weighted by Crippen LogP contribution is -2.41. The van der Waals surface area contributed by atoms with Gasteiger partial charge in [0.1, 0.15) is 5.76 Å². The Kier molecular flexibility index (Phi) is 4.85. The van der Waals surface area contributed by atoms with Crippen LogP contribution >= 0.6 is 0 Å². The van der Waals surface area contributed by atoms with Gasteiger partial charge in [-0.25, -0.2) is 4.98 Å². The largest absolute Gasteiger partial charge is 0.481 e. The number of pyridine rings is 1. The monoisotopic (exact) mass is 344 g/mol. The van der Waals surface area contributed by atoms with Crippen molar-refractivity contribution >= 4 is 5.91 Å². The number of nitrogens with one attached hydrogen (secondary N) is 1. The van der Waals surface area contributed by atoms with Gasteiger partial charge in [0, 0.05) is 24.4 Å². The average molecular weight is 344 g/mol. The average Bonchev–Trinajstić information content (AvgIpc) is 2.56.